The summed E-state index contributed by atoms with van der Waals surface area (Å²) >= 11 is 0. The van der Waals surface area contributed by atoms with Gasteiger partial charge in [-0.15, -0.1) is 0 Å². The molecule has 0 aliphatic heterocycles. The fourth-order valence-corrected chi connectivity index (χ4v) is 1.79. The first kappa shape index (κ1) is 9.01. The van der Waals surface area contributed by atoms with E-state index in [1.807, 2.05) is 0 Å². The molecule has 0 aromatic heterocycles. The van der Waals surface area contributed by atoms with E-state index in [1.165, 1.54) is 12.8 Å². The zero-order valence-corrected chi connectivity index (χ0v) is 7.56. The lowest BCUT2D eigenvalue weighted by Crippen LogP contribution is -2.45. The average molecular weight is 157 g/mol. The van der Waals surface area contributed by atoms with Gasteiger partial charge in [0.2, 0.25) is 0 Å². The van der Waals surface area contributed by atoms with Crippen LogP contribution in [0.15, 0.2) is 0 Å². The van der Waals surface area contributed by atoms with Crippen LogP contribution in [0.25, 0.3) is 0 Å². The van der Waals surface area contributed by atoms with E-state index >= 15 is 0 Å². The molecule has 2 heteroatoms. The smallest absolute Gasteiger partial charge is 0.0448 e. The quantitative estimate of drug-likeness (QED) is 0.627. The molecule has 11 heavy (non-hydrogen) atoms. The second kappa shape index (κ2) is 3.55. The number of hydrogen-bond acceptors (Lipinski definition) is 2. The summed E-state index contributed by atoms with van der Waals surface area (Å²) in [5.41, 5.74) is 0.212. The molecule has 0 amide bonds. The van der Waals surface area contributed by atoms with E-state index in [4.69, 9.17) is 5.11 Å². The van der Waals surface area contributed by atoms with Crippen LogP contribution in [0.1, 0.15) is 33.1 Å². The third-order valence-electron chi connectivity index (χ3n) is 2.69. The van der Waals surface area contributed by atoms with Crippen LogP contribution in [0.5, 0.6) is 0 Å². The molecular formula is C9H19NO. The Hall–Kier alpha value is -0.0800. The van der Waals surface area contributed by atoms with E-state index in [2.05, 4.69) is 19.2 Å². The lowest BCUT2D eigenvalue weighted by Gasteiger charge is -2.30. The Bertz CT molecular complexity index is 115. The average Bonchev–Trinajstić information content (AvgIpc) is 2.68. The van der Waals surface area contributed by atoms with Crippen LogP contribution in [0.4, 0.5) is 0 Å². The van der Waals surface area contributed by atoms with Gasteiger partial charge in [0.05, 0.1) is 0 Å². The highest BCUT2D eigenvalue weighted by atomic mass is 16.3. The van der Waals surface area contributed by atoms with Gasteiger partial charge in [-0.2, -0.15) is 0 Å². The van der Waals surface area contributed by atoms with Crippen molar-refractivity contribution in [3.8, 4) is 0 Å². The van der Waals surface area contributed by atoms with Crippen molar-refractivity contribution in [3.63, 3.8) is 0 Å². The van der Waals surface area contributed by atoms with Gasteiger partial charge in [-0.05, 0) is 38.6 Å². The normalized spacial score (nSPS) is 23.2. The van der Waals surface area contributed by atoms with Crippen LogP contribution in [0, 0.1) is 5.92 Å². The van der Waals surface area contributed by atoms with Crippen molar-refractivity contribution in [2.75, 3.05) is 13.2 Å². The predicted octanol–water partition coefficient (Wildman–Crippen LogP) is 1.15. The topological polar surface area (TPSA) is 32.3 Å². The van der Waals surface area contributed by atoms with Crippen molar-refractivity contribution in [1.82, 2.24) is 5.32 Å². The lowest BCUT2D eigenvalue weighted by atomic mass is 9.92. The predicted molar refractivity (Wildman–Crippen MR) is 46.5 cm³/mol. The summed E-state index contributed by atoms with van der Waals surface area (Å²) < 4.78 is 0. The standard InChI is InChI=1S/C9H19NO/c1-3-10-9(2,6-7-11)8-4-5-8/h8,10-11H,3-7H2,1-2H3. The van der Waals surface area contributed by atoms with Gasteiger partial charge in [0, 0.05) is 12.1 Å². The van der Waals surface area contributed by atoms with Crippen molar-refractivity contribution in [2.45, 2.75) is 38.6 Å². The first-order valence-corrected chi connectivity index (χ1v) is 4.59. The van der Waals surface area contributed by atoms with Gasteiger partial charge in [0.15, 0.2) is 0 Å². The van der Waals surface area contributed by atoms with Crippen molar-refractivity contribution in [2.24, 2.45) is 5.92 Å². The van der Waals surface area contributed by atoms with Gasteiger partial charge in [-0.25, -0.2) is 0 Å². The fourth-order valence-electron chi connectivity index (χ4n) is 1.79. The maximum Gasteiger partial charge on any atom is 0.0448 e. The molecule has 0 aromatic rings. The van der Waals surface area contributed by atoms with Crippen LogP contribution in [-0.2, 0) is 0 Å². The zero-order valence-electron chi connectivity index (χ0n) is 7.56. The second-order valence-corrected chi connectivity index (χ2v) is 3.70. The Balaban J connectivity index is 2.39. The number of aliphatic hydroxyl groups is 1. The highest BCUT2D eigenvalue weighted by Gasteiger charge is 2.39. The molecule has 1 fully saturated rings. The SMILES string of the molecule is CCNC(C)(CCO)C1CC1. The van der Waals surface area contributed by atoms with Crippen LogP contribution >= 0.6 is 0 Å². The highest BCUT2D eigenvalue weighted by molar-refractivity contribution is 4.97. The first-order valence-electron chi connectivity index (χ1n) is 4.59. The molecule has 0 heterocycles. The van der Waals surface area contributed by atoms with E-state index < -0.39 is 0 Å². The van der Waals surface area contributed by atoms with Gasteiger partial charge in [-0.1, -0.05) is 6.92 Å². The molecule has 0 bridgehead atoms. The molecule has 0 radical (unpaired) electrons. The second-order valence-electron chi connectivity index (χ2n) is 3.70. The Morgan fingerprint density at radius 2 is 2.18 bits per heavy atom. The number of aliphatic hydroxyl groups excluding tert-OH is 1. The minimum absolute atomic E-state index is 0.212. The summed E-state index contributed by atoms with van der Waals surface area (Å²) in [5.74, 6) is 0.814. The van der Waals surface area contributed by atoms with Crippen LogP contribution in [-0.4, -0.2) is 23.8 Å². The minimum atomic E-state index is 0.212. The van der Waals surface area contributed by atoms with Crippen LogP contribution < -0.4 is 5.32 Å². The molecule has 0 aromatic carbocycles. The monoisotopic (exact) mass is 157 g/mol. The minimum Gasteiger partial charge on any atom is -0.396 e. The van der Waals surface area contributed by atoms with Crippen molar-refractivity contribution in [3.05, 3.63) is 0 Å². The largest absolute Gasteiger partial charge is 0.396 e. The van der Waals surface area contributed by atoms with E-state index in [9.17, 15) is 0 Å². The van der Waals surface area contributed by atoms with Gasteiger partial charge in [-0.3, -0.25) is 0 Å². The number of rotatable bonds is 5. The summed E-state index contributed by atoms with van der Waals surface area (Å²) in [7, 11) is 0. The number of nitrogens with one attached hydrogen (secondary N) is 1. The van der Waals surface area contributed by atoms with Crippen molar-refractivity contribution >= 4 is 0 Å². The fraction of sp³-hybridized carbons (Fsp3) is 1.00. The molecule has 1 unspecified atom stereocenters. The maximum atomic E-state index is 8.87. The van der Waals surface area contributed by atoms with Gasteiger partial charge >= 0.3 is 0 Å². The molecule has 1 atom stereocenters. The van der Waals surface area contributed by atoms with Gasteiger partial charge in [0.1, 0.15) is 0 Å². The first-order chi connectivity index (χ1) is 5.23. The molecule has 1 aliphatic rings. The molecule has 1 aliphatic carbocycles. The third kappa shape index (κ3) is 2.17. The summed E-state index contributed by atoms with van der Waals surface area (Å²) in [4.78, 5) is 0. The number of hydrogen-bond donors (Lipinski definition) is 2. The molecule has 2 N–H and O–H groups in total. The Labute approximate surface area is 69.0 Å². The van der Waals surface area contributed by atoms with Crippen molar-refractivity contribution in [1.29, 1.82) is 0 Å². The molecule has 66 valence electrons. The van der Waals surface area contributed by atoms with E-state index in [1.54, 1.807) is 0 Å². The third-order valence-corrected chi connectivity index (χ3v) is 2.69. The zero-order chi connectivity index (χ0) is 8.32. The molecule has 0 spiro atoms. The lowest BCUT2D eigenvalue weighted by molar-refractivity contribution is 0.204. The summed E-state index contributed by atoms with van der Waals surface area (Å²) in [5, 5.41) is 12.3. The van der Waals surface area contributed by atoms with E-state index in [-0.39, 0.29) is 5.54 Å². The van der Waals surface area contributed by atoms with Gasteiger partial charge in [0.25, 0.3) is 0 Å². The maximum absolute atomic E-state index is 8.87. The highest BCUT2D eigenvalue weighted by Crippen LogP contribution is 2.41. The summed E-state index contributed by atoms with van der Waals surface area (Å²) in [6.45, 7) is 5.66. The molecule has 1 saturated carbocycles. The van der Waals surface area contributed by atoms with Crippen LogP contribution in [0.3, 0.4) is 0 Å². The Kier molecular flexibility index (Phi) is 2.90. The Morgan fingerprint density at radius 1 is 1.55 bits per heavy atom. The molecule has 2 nitrogen and oxygen atoms in total. The van der Waals surface area contributed by atoms with E-state index in [0.717, 1.165) is 18.9 Å². The van der Waals surface area contributed by atoms with Crippen molar-refractivity contribution < 1.29 is 5.11 Å². The molecule has 0 saturated heterocycles. The Morgan fingerprint density at radius 3 is 2.55 bits per heavy atom. The van der Waals surface area contributed by atoms with Crippen LogP contribution in [0.2, 0.25) is 0 Å². The van der Waals surface area contributed by atoms with Gasteiger partial charge < -0.3 is 10.4 Å². The van der Waals surface area contributed by atoms with E-state index in [0.29, 0.717) is 6.61 Å². The summed E-state index contributed by atoms with van der Waals surface area (Å²) in [6, 6.07) is 0. The molecular weight excluding hydrogens is 138 g/mol. The molecule has 1 rings (SSSR count). The summed E-state index contributed by atoms with van der Waals surface area (Å²) in [6.07, 6.45) is 3.57.